The summed E-state index contributed by atoms with van der Waals surface area (Å²) in [4.78, 5) is 8.56. The van der Waals surface area contributed by atoms with Crippen LogP contribution >= 0.6 is 0 Å². The Labute approximate surface area is 110 Å². The molecule has 2 heterocycles. The number of fused-ring (bicyclic) bond motifs is 1. The quantitative estimate of drug-likeness (QED) is 0.760. The minimum atomic E-state index is 0.190. The van der Waals surface area contributed by atoms with E-state index in [2.05, 4.69) is 23.8 Å². The number of aromatic nitrogens is 2. The number of rotatable bonds is 2. The van der Waals surface area contributed by atoms with Gasteiger partial charge in [0, 0.05) is 12.5 Å². The van der Waals surface area contributed by atoms with Gasteiger partial charge in [-0.3, -0.25) is 0 Å². The van der Waals surface area contributed by atoms with Crippen molar-refractivity contribution in [3.05, 3.63) is 29.8 Å². The second-order valence-corrected chi connectivity index (χ2v) is 4.84. The van der Waals surface area contributed by atoms with Crippen molar-refractivity contribution in [2.45, 2.75) is 26.7 Å². The number of nitrogen functional groups attached to an aromatic ring is 1. The van der Waals surface area contributed by atoms with Gasteiger partial charge in [-0.1, -0.05) is 13.8 Å². The number of aryl methyl sites for hydroxylation is 1. The van der Waals surface area contributed by atoms with Crippen LogP contribution in [-0.4, -0.2) is 9.97 Å². The summed E-state index contributed by atoms with van der Waals surface area (Å²) in [6, 6.07) is 5.93. The van der Waals surface area contributed by atoms with Crippen molar-refractivity contribution < 1.29 is 8.83 Å². The Morgan fingerprint density at radius 2 is 1.95 bits per heavy atom. The summed E-state index contributed by atoms with van der Waals surface area (Å²) < 4.78 is 11.0. The van der Waals surface area contributed by atoms with Gasteiger partial charge in [-0.2, -0.15) is 4.98 Å². The predicted octanol–water partition coefficient (Wildman–Crippen LogP) is 3.50. The number of nitrogens with zero attached hydrogens (tertiary/aromatic N) is 2. The third kappa shape index (κ3) is 1.97. The Balaban J connectivity index is 2.18. The number of nitrogens with two attached hydrogens (primary N) is 1. The Bertz CT molecular complexity index is 740. The molecule has 0 aliphatic heterocycles. The van der Waals surface area contributed by atoms with Crippen LogP contribution in [0.25, 0.3) is 22.4 Å². The summed E-state index contributed by atoms with van der Waals surface area (Å²) in [5, 5.41) is 0. The second-order valence-electron chi connectivity index (χ2n) is 4.84. The molecule has 0 amide bonds. The highest BCUT2D eigenvalue weighted by atomic mass is 16.4. The van der Waals surface area contributed by atoms with Crippen LogP contribution in [0.3, 0.4) is 0 Å². The molecule has 0 radical (unpaired) electrons. The second kappa shape index (κ2) is 4.12. The van der Waals surface area contributed by atoms with Crippen molar-refractivity contribution in [3.8, 4) is 11.3 Å². The van der Waals surface area contributed by atoms with Gasteiger partial charge in [0.1, 0.15) is 5.52 Å². The van der Waals surface area contributed by atoms with E-state index in [4.69, 9.17) is 14.6 Å². The maximum Gasteiger partial charge on any atom is 0.292 e. The lowest BCUT2D eigenvalue weighted by molar-refractivity contribution is 0.561. The molecule has 0 fully saturated rings. The fourth-order valence-electron chi connectivity index (χ4n) is 2.13. The zero-order valence-electron chi connectivity index (χ0n) is 11.1. The monoisotopic (exact) mass is 257 g/mol. The molecule has 0 spiro atoms. The summed E-state index contributed by atoms with van der Waals surface area (Å²) in [7, 11) is 0. The Hall–Kier alpha value is -2.30. The van der Waals surface area contributed by atoms with Crippen molar-refractivity contribution in [1.82, 2.24) is 9.97 Å². The maximum atomic E-state index is 5.66. The predicted molar refractivity (Wildman–Crippen MR) is 72.7 cm³/mol. The molecule has 5 heteroatoms. The molecule has 0 aliphatic carbocycles. The first-order valence-corrected chi connectivity index (χ1v) is 6.18. The van der Waals surface area contributed by atoms with Gasteiger partial charge in [0.15, 0.2) is 17.2 Å². The highest BCUT2D eigenvalue weighted by molar-refractivity contribution is 5.79. The van der Waals surface area contributed by atoms with Gasteiger partial charge in [-0.05, 0) is 24.1 Å². The molecule has 0 saturated heterocycles. The lowest BCUT2D eigenvalue weighted by Gasteiger charge is -2.03. The molecule has 0 unspecified atom stereocenters. The van der Waals surface area contributed by atoms with E-state index in [9.17, 15) is 0 Å². The highest BCUT2D eigenvalue weighted by Gasteiger charge is 2.17. The van der Waals surface area contributed by atoms with Crippen molar-refractivity contribution in [2.75, 3.05) is 5.73 Å². The van der Waals surface area contributed by atoms with Crippen LogP contribution in [0.2, 0.25) is 0 Å². The fourth-order valence-corrected chi connectivity index (χ4v) is 2.13. The van der Waals surface area contributed by atoms with Crippen LogP contribution in [0.15, 0.2) is 27.0 Å². The number of hydrogen-bond acceptors (Lipinski definition) is 5. The van der Waals surface area contributed by atoms with Crippen molar-refractivity contribution in [1.29, 1.82) is 0 Å². The van der Waals surface area contributed by atoms with E-state index < -0.39 is 0 Å². The number of hydrogen-bond donors (Lipinski definition) is 1. The molecule has 19 heavy (non-hydrogen) atoms. The normalized spacial score (nSPS) is 11.6. The SMILES string of the molecule is Cc1nc2cc(-c3oc(N)nc3C(C)C)ccc2o1. The molecule has 98 valence electrons. The van der Waals surface area contributed by atoms with Crippen LogP contribution in [0, 0.1) is 6.92 Å². The average molecular weight is 257 g/mol. The molecule has 1 aromatic carbocycles. The molecule has 2 N–H and O–H groups in total. The summed E-state index contributed by atoms with van der Waals surface area (Å²) in [6.07, 6.45) is 0. The average Bonchev–Trinajstić information content (AvgIpc) is 2.89. The molecular formula is C14H15N3O2. The van der Waals surface area contributed by atoms with Gasteiger partial charge in [-0.25, -0.2) is 4.98 Å². The first-order valence-electron chi connectivity index (χ1n) is 6.18. The van der Waals surface area contributed by atoms with Gasteiger partial charge in [0.05, 0.1) is 5.69 Å². The van der Waals surface area contributed by atoms with E-state index in [0.29, 0.717) is 11.7 Å². The van der Waals surface area contributed by atoms with E-state index in [-0.39, 0.29) is 11.9 Å². The van der Waals surface area contributed by atoms with E-state index in [1.165, 1.54) is 0 Å². The Kier molecular flexibility index (Phi) is 2.55. The van der Waals surface area contributed by atoms with Crippen LogP contribution in [-0.2, 0) is 0 Å². The van der Waals surface area contributed by atoms with Crippen molar-refractivity contribution >= 4 is 17.1 Å². The maximum absolute atomic E-state index is 5.66. The molecule has 0 atom stereocenters. The number of benzene rings is 1. The van der Waals surface area contributed by atoms with Gasteiger partial charge in [0.25, 0.3) is 6.01 Å². The summed E-state index contributed by atoms with van der Waals surface area (Å²) in [5.74, 6) is 1.59. The molecule has 3 aromatic rings. The molecular weight excluding hydrogens is 242 g/mol. The smallest absolute Gasteiger partial charge is 0.292 e. The van der Waals surface area contributed by atoms with Gasteiger partial charge in [0.2, 0.25) is 0 Å². The molecule has 0 saturated carbocycles. The molecule has 0 aliphatic rings. The zero-order chi connectivity index (χ0) is 13.6. The highest BCUT2D eigenvalue weighted by Crippen LogP contribution is 2.32. The van der Waals surface area contributed by atoms with Crippen LogP contribution in [0.4, 0.5) is 6.01 Å². The fraction of sp³-hybridized carbons (Fsp3) is 0.286. The standard InChI is InChI=1S/C14H15N3O2/c1-7(2)12-13(19-14(15)17-12)9-4-5-11-10(6-9)16-8(3)18-11/h4-7H,1-3H3,(H2,15,17). The van der Waals surface area contributed by atoms with E-state index >= 15 is 0 Å². The van der Waals surface area contributed by atoms with E-state index in [1.807, 2.05) is 25.1 Å². The first-order chi connectivity index (χ1) is 9.04. The minimum absolute atomic E-state index is 0.190. The van der Waals surface area contributed by atoms with Crippen LogP contribution in [0.1, 0.15) is 31.4 Å². The van der Waals surface area contributed by atoms with Crippen molar-refractivity contribution in [2.24, 2.45) is 0 Å². The Morgan fingerprint density at radius 1 is 1.16 bits per heavy atom. The number of oxazole rings is 2. The minimum Gasteiger partial charge on any atom is -0.441 e. The lowest BCUT2D eigenvalue weighted by atomic mass is 10.0. The van der Waals surface area contributed by atoms with Crippen LogP contribution in [0.5, 0.6) is 0 Å². The molecule has 2 aromatic heterocycles. The number of anilines is 1. The van der Waals surface area contributed by atoms with Gasteiger partial charge in [-0.15, -0.1) is 0 Å². The lowest BCUT2D eigenvalue weighted by Crippen LogP contribution is -1.91. The molecule has 0 bridgehead atoms. The van der Waals surface area contributed by atoms with Gasteiger partial charge < -0.3 is 14.6 Å². The van der Waals surface area contributed by atoms with Crippen LogP contribution < -0.4 is 5.73 Å². The van der Waals surface area contributed by atoms with Gasteiger partial charge >= 0.3 is 0 Å². The first kappa shape index (κ1) is 11.8. The molecule has 3 rings (SSSR count). The topological polar surface area (TPSA) is 78.1 Å². The summed E-state index contributed by atoms with van der Waals surface area (Å²) >= 11 is 0. The van der Waals surface area contributed by atoms with Crippen molar-refractivity contribution in [3.63, 3.8) is 0 Å². The Morgan fingerprint density at radius 3 is 2.68 bits per heavy atom. The summed E-state index contributed by atoms with van der Waals surface area (Å²) in [6.45, 7) is 5.94. The summed E-state index contributed by atoms with van der Waals surface area (Å²) in [5.41, 5.74) is 9.00. The molecule has 5 nitrogen and oxygen atoms in total. The van der Waals surface area contributed by atoms with E-state index in [1.54, 1.807) is 0 Å². The third-order valence-electron chi connectivity index (χ3n) is 2.97. The van der Waals surface area contributed by atoms with E-state index in [0.717, 1.165) is 22.4 Å². The third-order valence-corrected chi connectivity index (χ3v) is 2.97. The largest absolute Gasteiger partial charge is 0.441 e. The zero-order valence-corrected chi connectivity index (χ0v) is 11.1.